The highest BCUT2D eigenvalue weighted by atomic mass is 16.5. The molecule has 1 aliphatic rings. The zero-order valence-corrected chi connectivity index (χ0v) is 12.9. The number of nitrogen functional groups attached to an aromatic ring is 1. The molecule has 21 heavy (non-hydrogen) atoms. The Morgan fingerprint density at radius 3 is 2.62 bits per heavy atom. The largest absolute Gasteiger partial charge is 0.383 e. The van der Waals surface area contributed by atoms with Crippen molar-refractivity contribution in [3.8, 4) is 0 Å². The number of morpholine rings is 1. The van der Waals surface area contributed by atoms with Gasteiger partial charge in [0.15, 0.2) is 0 Å². The molecule has 2 rings (SSSR count). The molecule has 1 aromatic rings. The molecule has 3 N–H and O–H groups in total. The summed E-state index contributed by atoms with van der Waals surface area (Å²) in [6.07, 6.45) is 0. The van der Waals surface area contributed by atoms with Gasteiger partial charge < -0.3 is 25.4 Å². The third-order valence-electron chi connectivity index (χ3n) is 3.40. The molecule has 1 aromatic heterocycles. The maximum absolute atomic E-state index is 5.80. The molecule has 0 aliphatic carbocycles. The van der Waals surface area contributed by atoms with Crippen LogP contribution in [0.3, 0.4) is 0 Å². The Bertz CT molecular complexity index is 450. The van der Waals surface area contributed by atoms with Crippen molar-refractivity contribution < 1.29 is 9.47 Å². The summed E-state index contributed by atoms with van der Waals surface area (Å²) in [6, 6.07) is 0.120. The Balaban J connectivity index is 2.13. The second kappa shape index (κ2) is 7.37. The fourth-order valence-electron chi connectivity index (χ4n) is 2.10. The molecule has 1 fully saturated rings. The van der Waals surface area contributed by atoms with Gasteiger partial charge in [-0.2, -0.15) is 15.0 Å². The first-order chi connectivity index (χ1) is 10.1. The van der Waals surface area contributed by atoms with E-state index in [1.54, 1.807) is 7.11 Å². The minimum atomic E-state index is 0.120. The van der Waals surface area contributed by atoms with Crippen LogP contribution < -0.4 is 16.0 Å². The molecule has 0 saturated carbocycles. The fourth-order valence-corrected chi connectivity index (χ4v) is 2.10. The van der Waals surface area contributed by atoms with Crippen molar-refractivity contribution in [3.63, 3.8) is 0 Å². The third-order valence-corrected chi connectivity index (χ3v) is 3.40. The van der Waals surface area contributed by atoms with Gasteiger partial charge >= 0.3 is 0 Å². The van der Waals surface area contributed by atoms with E-state index in [0.717, 1.165) is 13.1 Å². The van der Waals surface area contributed by atoms with E-state index in [1.165, 1.54) is 0 Å². The first-order valence-corrected chi connectivity index (χ1v) is 7.20. The number of ether oxygens (including phenoxy) is 2. The maximum atomic E-state index is 5.80. The summed E-state index contributed by atoms with van der Waals surface area (Å²) in [6.45, 7) is 7.67. The average molecular weight is 296 g/mol. The molecule has 118 valence electrons. The van der Waals surface area contributed by atoms with Gasteiger partial charge in [0.2, 0.25) is 17.8 Å². The van der Waals surface area contributed by atoms with E-state index in [-0.39, 0.29) is 12.0 Å². The Hall–Kier alpha value is -1.67. The lowest BCUT2D eigenvalue weighted by Crippen LogP contribution is -2.38. The van der Waals surface area contributed by atoms with Crippen molar-refractivity contribution in [2.75, 3.05) is 56.0 Å². The summed E-state index contributed by atoms with van der Waals surface area (Å²) in [7, 11) is 1.68. The zero-order chi connectivity index (χ0) is 15.2. The van der Waals surface area contributed by atoms with Gasteiger partial charge in [-0.3, -0.25) is 0 Å². The Labute approximate surface area is 125 Å². The summed E-state index contributed by atoms with van der Waals surface area (Å²) < 4.78 is 10.6. The van der Waals surface area contributed by atoms with Crippen molar-refractivity contribution >= 4 is 17.8 Å². The lowest BCUT2D eigenvalue weighted by atomic mass is 10.1. The zero-order valence-electron chi connectivity index (χ0n) is 12.9. The van der Waals surface area contributed by atoms with Crippen LogP contribution in [-0.2, 0) is 9.47 Å². The van der Waals surface area contributed by atoms with Crippen molar-refractivity contribution in [3.05, 3.63) is 0 Å². The highest BCUT2D eigenvalue weighted by molar-refractivity contribution is 5.42. The van der Waals surface area contributed by atoms with Crippen molar-refractivity contribution in [1.82, 2.24) is 15.0 Å². The second-order valence-electron chi connectivity index (χ2n) is 5.37. The number of hydrogen-bond donors (Lipinski definition) is 2. The Kier molecular flexibility index (Phi) is 5.51. The van der Waals surface area contributed by atoms with Gasteiger partial charge in [-0.15, -0.1) is 0 Å². The number of anilines is 3. The number of nitrogens with two attached hydrogens (primary N) is 1. The lowest BCUT2D eigenvalue weighted by molar-refractivity contribution is 0.122. The monoisotopic (exact) mass is 296 g/mol. The highest BCUT2D eigenvalue weighted by Crippen LogP contribution is 2.15. The lowest BCUT2D eigenvalue weighted by Gasteiger charge is -2.27. The van der Waals surface area contributed by atoms with E-state index in [1.807, 2.05) is 4.90 Å². The van der Waals surface area contributed by atoms with Crippen LogP contribution in [0, 0.1) is 5.92 Å². The minimum Gasteiger partial charge on any atom is -0.383 e. The van der Waals surface area contributed by atoms with E-state index in [0.29, 0.717) is 37.6 Å². The molecular formula is C13H24N6O2. The van der Waals surface area contributed by atoms with Crippen LogP contribution in [-0.4, -0.2) is 61.0 Å². The Morgan fingerprint density at radius 2 is 2.00 bits per heavy atom. The van der Waals surface area contributed by atoms with Gasteiger partial charge in [-0.25, -0.2) is 0 Å². The van der Waals surface area contributed by atoms with Gasteiger partial charge in [0.05, 0.1) is 25.9 Å². The maximum Gasteiger partial charge on any atom is 0.232 e. The number of rotatable bonds is 6. The molecule has 8 heteroatoms. The Morgan fingerprint density at radius 1 is 1.29 bits per heavy atom. The standard InChI is InChI=1S/C13H24N6O2/c1-9(2)10(8-20-3)15-12-16-11(14)17-13(18-12)19-4-6-21-7-5-19/h9-10H,4-8H2,1-3H3,(H3,14,15,16,17,18). The number of aromatic nitrogens is 3. The average Bonchev–Trinajstić information content (AvgIpc) is 2.47. The van der Waals surface area contributed by atoms with Gasteiger partial charge in [0.25, 0.3) is 0 Å². The van der Waals surface area contributed by atoms with Gasteiger partial charge in [-0.05, 0) is 5.92 Å². The molecule has 1 saturated heterocycles. The molecule has 0 amide bonds. The number of nitrogens with zero attached hydrogens (tertiary/aromatic N) is 4. The summed E-state index contributed by atoms with van der Waals surface area (Å²) in [4.78, 5) is 14.9. The second-order valence-corrected chi connectivity index (χ2v) is 5.37. The third kappa shape index (κ3) is 4.40. The summed E-state index contributed by atoms with van der Waals surface area (Å²) in [5.74, 6) is 1.68. The normalized spacial score (nSPS) is 17.0. The molecule has 0 radical (unpaired) electrons. The molecule has 0 bridgehead atoms. The van der Waals surface area contributed by atoms with E-state index in [9.17, 15) is 0 Å². The quantitative estimate of drug-likeness (QED) is 0.777. The molecule has 1 atom stereocenters. The topological polar surface area (TPSA) is 98.4 Å². The number of hydrogen-bond acceptors (Lipinski definition) is 8. The molecule has 0 aromatic carbocycles. The van der Waals surface area contributed by atoms with E-state index >= 15 is 0 Å². The summed E-state index contributed by atoms with van der Waals surface area (Å²) in [5, 5.41) is 3.27. The van der Waals surface area contributed by atoms with Gasteiger partial charge in [0.1, 0.15) is 0 Å². The minimum absolute atomic E-state index is 0.120. The molecule has 1 unspecified atom stereocenters. The van der Waals surface area contributed by atoms with Crippen molar-refractivity contribution in [2.24, 2.45) is 5.92 Å². The van der Waals surface area contributed by atoms with E-state index < -0.39 is 0 Å². The van der Waals surface area contributed by atoms with Crippen molar-refractivity contribution in [2.45, 2.75) is 19.9 Å². The summed E-state index contributed by atoms with van der Waals surface area (Å²) in [5.41, 5.74) is 5.80. The molecule has 8 nitrogen and oxygen atoms in total. The first-order valence-electron chi connectivity index (χ1n) is 7.20. The number of methoxy groups -OCH3 is 1. The first kappa shape index (κ1) is 15.7. The van der Waals surface area contributed by atoms with Gasteiger partial charge in [-0.1, -0.05) is 13.8 Å². The molecule has 1 aliphatic heterocycles. The molecule has 0 spiro atoms. The fraction of sp³-hybridized carbons (Fsp3) is 0.769. The molecule has 2 heterocycles. The van der Waals surface area contributed by atoms with Crippen LogP contribution in [0.4, 0.5) is 17.8 Å². The van der Waals surface area contributed by atoms with E-state index in [4.69, 9.17) is 15.2 Å². The predicted molar refractivity (Wildman–Crippen MR) is 81.4 cm³/mol. The highest BCUT2D eigenvalue weighted by Gasteiger charge is 2.18. The van der Waals surface area contributed by atoms with Crippen LogP contribution in [0.5, 0.6) is 0 Å². The predicted octanol–water partition coefficient (Wildman–Crippen LogP) is 0.373. The van der Waals surface area contributed by atoms with Crippen LogP contribution in [0.25, 0.3) is 0 Å². The van der Waals surface area contributed by atoms with E-state index in [2.05, 4.69) is 34.1 Å². The van der Waals surface area contributed by atoms with Gasteiger partial charge in [0, 0.05) is 20.2 Å². The van der Waals surface area contributed by atoms with Crippen LogP contribution in [0.2, 0.25) is 0 Å². The summed E-state index contributed by atoms with van der Waals surface area (Å²) >= 11 is 0. The van der Waals surface area contributed by atoms with Crippen LogP contribution in [0.1, 0.15) is 13.8 Å². The van der Waals surface area contributed by atoms with Crippen LogP contribution >= 0.6 is 0 Å². The van der Waals surface area contributed by atoms with Crippen molar-refractivity contribution in [1.29, 1.82) is 0 Å². The SMILES string of the molecule is COCC(Nc1nc(N)nc(N2CCOCC2)n1)C(C)C. The van der Waals surface area contributed by atoms with Crippen LogP contribution in [0.15, 0.2) is 0 Å². The smallest absolute Gasteiger partial charge is 0.232 e. The number of nitrogens with one attached hydrogen (secondary N) is 1. The molecular weight excluding hydrogens is 272 g/mol.